The minimum Gasteiger partial charge on any atom is -0.495 e. The fourth-order valence-corrected chi connectivity index (χ4v) is 3.08. The summed E-state index contributed by atoms with van der Waals surface area (Å²) in [4.78, 5) is 2.74. The van der Waals surface area contributed by atoms with E-state index in [1.165, 1.54) is 9.75 Å². The molecule has 102 valence electrons. The van der Waals surface area contributed by atoms with Crippen LogP contribution in [0.4, 0.5) is 11.4 Å². The van der Waals surface area contributed by atoms with Crippen molar-refractivity contribution in [3.63, 3.8) is 0 Å². The van der Waals surface area contributed by atoms with Gasteiger partial charge in [0.2, 0.25) is 0 Å². The predicted molar refractivity (Wildman–Crippen MR) is 83.3 cm³/mol. The van der Waals surface area contributed by atoms with E-state index < -0.39 is 0 Å². The maximum absolute atomic E-state index is 6.05. The first-order valence-corrected chi connectivity index (χ1v) is 7.16. The molecule has 19 heavy (non-hydrogen) atoms. The summed E-state index contributed by atoms with van der Waals surface area (Å²) in [7, 11) is 1.63. The molecule has 0 aliphatic carbocycles. The molecule has 1 aromatic carbocycles. The van der Waals surface area contributed by atoms with E-state index >= 15 is 0 Å². The summed E-state index contributed by atoms with van der Waals surface area (Å²) in [6.07, 6.45) is 0.995. The molecule has 1 heterocycles. The maximum atomic E-state index is 6.05. The number of benzene rings is 1. The Hall–Kier alpha value is -1.68. The lowest BCUT2D eigenvalue weighted by molar-refractivity contribution is 0.417. The van der Waals surface area contributed by atoms with Crippen LogP contribution in [0.1, 0.15) is 16.7 Å². The van der Waals surface area contributed by atoms with Crippen molar-refractivity contribution in [2.75, 3.05) is 18.2 Å². The van der Waals surface area contributed by atoms with Gasteiger partial charge in [-0.3, -0.25) is 0 Å². The van der Waals surface area contributed by atoms with Crippen molar-refractivity contribution in [2.45, 2.75) is 26.3 Å². The zero-order valence-corrected chi connectivity index (χ0v) is 12.4. The number of nitrogens with two attached hydrogens (primary N) is 1. The van der Waals surface area contributed by atoms with Crippen molar-refractivity contribution in [2.24, 2.45) is 0 Å². The molecule has 0 aliphatic heterocycles. The molecule has 0 spiro atoms. The van der Waals surface area contributed by atoms with Gasteiger partial charge in [-0.15, -0.1) is 11.3 Å². The Balaban J connectivity index is 2.04. The molecule has 0 fully saturated rings. The van der Waals surface area contributed by atoms with Crippen molar-refractivity contribution < 1.29 is 4.74 Å². The molecule has 0 amide bonds. The van der Waals surface area contributed by atoms with Gasteiger partial charge in [-0.25, -0.2) is 0 Å². The molecular formula is C15H20N2OS. The first-order valence-electron chi connectivity index (χ1n) is 6.34. The third-order valence-corrected chi connectivity index (χ3v) is 4.01. The van der Waals surface area contributed by atoms with Crippen LogP contribution in [-0.2, 0) is 6.42 Å². The molecule has 1 aromatic heterocycles. The number of hydrogen-bond acceptors (Lipinski definition) is 4. The topological polar surface area (TPSA) is 47.3 Å². The average Bonchev–Trinajstić information content (AvgIpc) is 2.77. The van der Waals surface area contributed by atoms with E-state index in [0.717, 1.165) is 12.1 Å². The van der Waals surface area contributed by atoms with Crippen molar-refractivity contribution in [1.29, 1.82) is 0 Å². The number of thiophene rings is 1. The van der Waals surface area contributed by atoms with Crippen LogP contribution in [0.3, 0.4) is 0 Å². The smallest absolute Gasteiger partial charge is 0.143 e. The fraction of sp³-hybridized carbons (Fsp3) is 0.333. The maximum Gasteiger partial charge on any atom is 0.143 e. The summed E-state index contributed by atoms with van der Waals surface area (Å²) >= 11 is 1.84. The number of para-hydroxylation sites is 1. The summed E-state index contributed by atoms with van der Waals surface area (Å²) in [5, 5.41) is 3.44. The molecule has 3 nitrogen and oxygen atoms in total. The Morgan fingerprint density at radius 3 is 2.74 bits per heavy atom. The SMILES string of the molecule is COc1cccc(NC(C)Cc2ccc(C)s2)c1N. The van der Waals surface area contributed by atoms with E-state index in [2.05, 4.69) is 31.3 Å². The van der Waals surface area contributed by atoms with Gasteiger partial charge < -0.3 is 15.8 Å². The summed E-state index contributed by atoms with van der Waals surface area (Å²) in [5.74, 6) is 0.712. The highest BCUT2D eigenvalue weighted by Crippen LogP contribution is 2.29. The zero-order chi connectivity index (χ0) is 13.8. The molecule has 0 saturated heterocycles. The van der Waals surface area contributed by atoms with Gasteiger partial charge >= 0.3 is 0 Å². The highest BCUT2D eigenvalue weighted by Gasteiger charge is 2.09. The first-order chi connectivity index (χ1) is 9.10. The largest absolute Gasteiger partial charge is 0.495 e. The highest BCUT2D eigenvalue weighted by atomic mass is 32.1. The quantitative estimate of drug-likeness (QED) is 0.819. The normalized spacial score (nSPS) is 12.2. The van der Waals surface area contributed by atoms with Gasteiger partial charge in [-0.2, -0.15) is 0 Å². The third-order valence-electron chi connectivity index (χ3n) is 2.99. The fourth-order valence-electron chi connectivity index (χ4n) is 2.06. The molecule has 4 heteroatoms. The van der Waals surface area contributed by atoms with Gasteiger partial charge in [-0.05, 0) is 38.1 Å². The van der Waals surface area contributed by atoms with E-state index in [9.17, 15) is 0 Å². The molecule has 0 radical (unpaired) electrons. The number of rotatable bonds is 5. The highest BCUT2D eigenvalue weighted by molar-refractivity contribution is 7.11. The lowest BCUT2D eigenvalue weighted by Gasteiger charge is -2.17. The van der Waals surface area contributed by atoms with Crippen molar-refractivity contribution in [3.8, 4) is 5.75 Å². The van der Waals surface area contributed by atoms with Crippen molar-refractivity contribution in [3.05, 3.63) is 40.1 Å². The van der Waals surface area contributed by atoms with Crippen LogP contribution in [0.2, 0.25) is 0 Å². The van der Waals surface area contributed by atoms with Crippen LogP contribution < -0.4 is 15.8 Å². The van der Waals surface area contributed by atoms with Crippen molar-refractivity contribution in [1.82, 2.24) is 0 Å². The molecule has 0 bridgehead atoms. The molecule has 3 N–H and O–H groups in total. The van der Waals surface area contributed by atoms with Crippen LogP contribution in [0.5, 0.6) is 5.75 Å². The van der Waals surface area contributed by atoms with E-state index in [0.29, 0.717) is 17.5 Å². The Labute approximate surface area is 118 Å². The number of aryl methyl sites for hydroxylation is 1. The lowest BCUT2D eigenvalue weighted by Crippen LogP contribution is -2.18. The van der Waals surface area contributed by atoms with Gasteiger partial charge in [0.15, 0.2) is 0 Å². The van der Waals surface area contributed by atoms with Gasteiger partial charge in [-0.1, -0.05) is 6.07 Å². The van der Waals surface area contributed by atoms with Gasteiger partial charge in [0.1, 0.15) is 5.75 Å². The molecule has 0 aliphatic rings. The second-order valence-electron chi connectivity index (χ2n) is 4.68. The second-order valence-corrected chi connectivity index (χ2v) is 6.06. The number of hydrogen-bond donors (Lipinski definition) is 2. The molecule has 2 rings (SSSR count). The van der Waals surface area contributed by atoms with Crippen LogP contribution >= 0.6 is 11.3 Å². The van der Waals surface area contributed by atoms with Crippen LogP contribution in [0.15, 0.2) is 30.3 Å². The van der Waals surface area contributed by atoms with Crippen molar-refractivity contribution >= 4 is 22.7 Å². The zero-order valence-electron chi connectivity index (χ0n) is 11.6. The van der Waals surface area contributed by atoms with Gasteiger partial charge in [0.05, 0.1) is 18.5 Å². The van der Waals surface area contributed by atoms with Gasteiger partial charge in [0, 0.05) is 22.2 Å². The van der Waals surface area contributed by atoms with E-state index in [4.69, 9.17) is 10.5 Å². The number of ether oxygens (including phenoxy) is 1. The Bertz CT molecular complexity index is 551. The predicted octanol–water partition coefficient (Wildman–Crippen LogP) is 3.69. The Morgan fingerprint density at radius 1 is 1.32 bits per heavy atom. The molecule has 0 saturated carbocycles. The molecule has 2 aromatic rings. The molecular weight excluding hydrogens is 256 g/mol. The van der Waals surface area contributed by atoms with E-state index in [-0.39, 0.29) is 0 Å². The number of nitrogen functional groups attached to an aromatic ring is 1. The Kier molecular flexibility index (Phi) is 4.32. The molecule has 1 unspecified atom stereocenters. The summed E-state index contributed by atoms with van der Waals surface area (Å²) in [5.41, 5.74) is 7.65. The summed E-state index contributed by atoms with van der Waals surface area (Å²) in [6.45, 7) is 4.29. The summed E-state index contributed by atoms with van der Waals surface area (Å²) in [6, 6.07) is 10.5. The lowest BCUT2D eigenvalue weighted by atomic mass is 10.1. The summed E-state index contributed by atoms with van der Waals surface area (Å²) < 4.78 is 5.23. The minimum absolute atomic E-state index is 0.326. The van der Waals surface area contributed by atoms with Crippen LogP contribution in [-0.4, -0.2) is 13.2 Å². The Morgan fingerprint density at radius 2 is 2.11 bits per heavy atom. The van der Waals surface area contributed by atoms with Crippen LogP contribution in [0, 0.1) is 6.92 Å². The minimum atomic E-state index is 0.326. The number of nitrogens with one attached hydrogen (secondary N) is 1. The standard InChI is InChI=1S/C15H20N2OS/c1-10(9-12-8-7-11(2)19-12)17-13-5-4-6-14(18-3)15(13)16/h4-8,10,17H,9,16H2,1-3H3. The number of anilines is 2. The van der Waals surface area contributed by atoms with Gasteiger partial charge in [0.25, 0.3) is 0 Å². The first kappa shape index (κ1) is 13.7. The van der Waals surface area contributed by atoms with E-state index in [1.54, 1.807) is 7.11 Å². The van der Waals surface area contributed by atoms with E-state index in [1.807, 2.05) is 29.5 Å². The second kappa shape index (κ2) is 5.97. The average molecular weight is 276 g/mol. The third kappa shape index (κ3) is 3.41. The number of methoxy groups -OCH3 is 1. The van der Waals surface area contributed by atoms with Crippen LogP contribution in [0.25, 0.3) is 0 Å². The monoisotopic (exact) mass is 276 g/mol. The molecule has 1 atom stereocenters.